The van der Waals surface area contributed by atoms with Gasteiger partial charge in [-0.15, -0.1) is 0 Å². The number of rotatable bonds is 4. The van der Waals surface area contributed by atoms with Gasteiger partial charge in [-0.3, -0.25) is 14.0 Å². The molecule has 6 rings (SSSR count). The van der Waals surface area contributed by atoms with Crippen LogP contribution in [0.15, 0.2) is 36.7 Å². The van der Waals surface area contributed by atoms with E-state index < -0.39 is 18.6 Å². The van der Waals surface area contributed by atoms with Gasteiger partial charge in [-0.05, 0) is 25.0 Å². The van der Waals surface area contributed by atoms with Crippen molar-refractivity contribution in [3.05, 3.63) is 53.7 Å². The Bertz CT molecular complexity index is 1510. The summed E-state index contributed by atoms with van der Waals surface area (Å²) in [6, 6.07) is 6.76. The minimum absolute atomic E-state index is 0.0717. The second kappa shape index (κ2) is 8.98. The smallest absolute Gasteiger partial charge is 0.278 e. The lowest BCUT2D eigenvalue weighted by Gasteiger charge is -2.30. The molecule has 4 aromatic rings. The second-order valence-corrected chi connectivity index (χ2v) is 9.55. The highest BCUT2D eigenvalue weighted by Crippen LogP contribution is 2.41. The largest absolute Gasteiger partial charge is 0.381 e. The number of aromatic nitrogens is 5. The summed E-state index contributed by atoms with van der Waals surface area (Å²) in [6.07, 6.45) is -0.196. The van der Waals surface area contributed by atoms with Crippen molar-refractivity contribution < 1.29 is 22.7 Å². The summed E-state index contributed by atoms with van der Waals surface area (Å²) < 4.78 is 52.4. The third kappa shape index (κ3) is 3.88. The number of pyridine rings is 1. The van der Waals surface area contributed by atoms with Crippen molar-refractivity contribution in [2.45, 2.75) is 38.0 Å². The monoisotopic (exact) mass is 510 g/mol. The van der Waals surface area contributed by atoms with Crippen LogP contribution in [0.2, 0.25) is 0 Å². The van der Waals surface area contributed by atoms with Crippen molar-refractivity contribution in [1.82, 2.24) is 29.2 Å². The van der Waals surface area contributed by atoms with E-state index in [2.05, 4.69) is 10.1 Å². The van der Waals surface area contributed by atoms with Crippen LogP contribution >= 0.6 is 0 Å². The molecule has 1 fully saturated rings. The van der Waals surface area contributed by atoms with Gasteiger partial charge in [0.1, 0.15) is 5.82 Å². The summed E-state index contributed by atoms with van der Waals surface area (Å²) in [5.74, 6) is -0.212. The molecule has 1 aromatic carbocycles. The van der Waals surface area contributed by atoms with E-state index in [-0.39, 0.29) is 23.7 Å². The van der Waals surface area contributed by atoms with E-state index in [1.54, 1.807) is 38.5 Å². The third-order valence-corrected chi connectivity index (χ3v) is 7.17. The van der Waals surface area contributed by atoms with E-state index in [1.807, 2.05) is 0 Å². The van der Waals surface area contributed by atoms with Gasteiger partial charge in [-0.25, -0.2) is 23.1 Å². The Labute approximate surface area is 210 Å². The van der Waals surface area contributed by atoms with Crippen LogP contribution in [0.5, 0.6) is 0 Å². The van der Waals surface area contributed by atoms with Gasteiger partial charge in [0.15, 0.2) is 0 Å². The van der Waals surface area contributed by atoms with Crippen LogP contribution in [0.4, 0.5) is 13.2 Å². The van der Waals surface area contributed by atoms with Gasteiger partial charge in [0.25, 0.3) is 18.6 Å². The standard InChI is InChI=1S/C26H25F3N6O2/c1-33-13-20-22(32-25(14-6-8-37-9-7-14)35(20)24(29)26(33)36)16-4-3-5-19-17(16)10-18(23(27)28)21(31-19)15-11-30-34(2)12-15/h3-5,10-12,14,23-24H,6-9,13H2,1-2H3/t24-/m1/s1. The van der Waals surface area contributed by atoms with Crippen LogP contribution in [0.3, 0.4) is 0 Å². The van der Waals surface area contributed by atoms with Crippen molar-refractivity contribution in [2.24, 2.45) is 7.05 Å². The highest BCUT2D eigenvalue weighted by Gasteiger charge is 2.38. The molecule has 0 spiro atoms. The summed E-state index contributed by atoms with van der Waals surface area (Å²) in [5.41, 5.74) is 2.53. The first-order valence-corrected chi connectivity index (χ1v) is 12.1. The maximum absolute atomic E-state index is 15.5. The zero-order valence-corrected chi connectivity index (χ0v) is 20.4. The lowest BCUT2D eigenvalue weighted by molar-refractivity contribution is -0.141. The first-order chi connectivity index (χ1) is 17.8. The van der Waals surface area contributed by atoms with Crippen molar-refractivity contribution in [3.63, 3.8) is 0 Å². The maximum Gasteiger partial charge on any atom is 0.278 e. The van der Waals surface area contributed by atoms with Crippen LogP contribution in [-0.2, 0) is 23.1 Å². The lowest BCUT2D eigenvalue weighted by atomic mass is 9.99. The van der Waals surface area contributed by atoms with Crippen LogP contribution < -0.4 is 0 Å². The average molecular weight is 511 g/mol. The van der Waals surface area contributed by atoms with Gasteiger partial charge in [-0.1, -0.05) is 12.1 Å². The quantitative estimate of drug-likeness (QED) is 0.395. The fourth-order valence-corrected chi connectivity index (χ4v) is 5.30. The number of fused-ring (bicyclic) bond motifs is 2. The number of hydrogen-bond acceptors (Lipinski definition) is 5. The molecule has 2 aliphatic heterocycles. The zero-order chi connectivity index (χ0) is 25.8. The first kappa shape index (κ1) is 23.7. The van der Waals surface area contributed by atoms with Gasteiger partial charge >= 0.3 is 0 Å². The molecule has 3 aromatic heterocycles. The molecule has 0 unspecified atom stereocenters. The Morgan fingerprint density at radius 3 is 2.59 bits per heavy atom. The van der Waals surface area contributed by atoms with E-state index in [1.165, 1.54) is 26.4 Å². The predicted octanol–water partition coefficient (Wildman–Crippen LogP) is 4.77. The molecule has 0 aliphatic carbocycles. The van der Waals surface area contributed by atoms with Gasteiger partial charge in [-0.2, -0.15) is 5.10 Å². The minimum atomic E-state index is -2.77. The van der Waals surface area contributed by atoms with Crippen LogP contribution in [0.25, 0.3) is 33.4 Å². The Kier molecular flexibility index (Phi) is 5.74. The molecular formula is C26H25F3N6O2. The molecule has 0 bridgehead atoms. The average Bonchev–Trinajstić information content (AvgIpc) is 3.50. The number of benzene rings is 1. The van der Waals surface area contributed by atoms with Crippen molar-refractivity contribution >= 4 is 16.8 Å². The van der Waals surface area contributed by atoms with Gasteiger partial charge in [0, 0.05) is 61.5 Å². The van der Waals surface area contributed by atoms with Crippen LogP contribution in [-0.4, -0.2) is 55.4 Å². The third-order valence-electron chi connectivity index (χ3n) is 7.17. The van der Waals surface area contributed by atoms with E-state index >= 15 is 4.39 Å². The fraction of sp³-hybridized carbons (Fsp3) is 0.385. The Morgan fingerprint density at radius 1 is 1.11 bits per heavy atom. The molecule has 8 nitrogen and oxygen atoms in total. The number of alkyl halides is 3. The molecule has 0 radical (unpaired) electrons. The molecule has 1 saturated heterocycles. The Morgan fingerprint density at radius 2 is 1.89 bits per heavy atom. The number of carbonyl (C=O) groups is 1. The number of hydrogen-bond donors (Lipinski definition) is 0. The maximum atomic E-state index is 15.5. The number of likely N-dealkylation sites (N-methyl/N-ethyl adjacent to an activating group) is 1. The van der Waals surface area contributed by atoms with Crippen molar-refractivity contribution in [3.8, 4) is 22.5 Å². The molecule has 0 N–H and O–H groups in total. The number of nitrogens with zero attached hydrogens (tertiary/aromatic N) is 6. The Balaban J connectivity index is 1.58. The highest BCUT2D eigenvalue weighted by molar-refractivity contribution is 5.96. The predicted molar refractivity (Wildman–Crippen MR) is 130 cm³/mol. The number of amides is 1. The number of ether oxygens (including phenoxy) is 1. The highest BCUT2D eigenvalue weighted by atomic mass is 19.3. The van der Waals surface area contributed by atoms with Crippen molar-refractivity contribution in [1.29, 1.82) is 0 Å². The number of carbonyl (C=O) groups excluding carboxylic acids is 1. The number of aryl methyl sites for hydroxylation is 1. The summed E-state index contributed by atoms with van der Waals surface area (Å²) in [5, 5.41) is 4.58. The molecule has 37 heavy (non-hydrogen) atoms. The molecule has 1 atom stereocenters. The van der Waals surface area contributed by atoms with E-state index in [0.717, 1.165) is 0 Å². The van der Waals surface area contributed by atoms with E-state index in [9.17, 15) is 13.6 Å². The molecule has 0 saturated carbocycles. The van der Waals surface area contributed by atoms with Crippen LogP contribution in [0.1, 0.15) is 48.6 Å². The van der Waals surface area contributed by atoms with Crippen LogP contribution in [0, 0.1) is 0 Å². The van der Waals surface area contributed by atoms with E-state index in [4.69, 9.17) is 9.72 Å². The normalized spacial score (nSPS) is 18.7. The summed E-state index contributed by atoms with van der Waals surface area (Å²) in [6.45, 7) is 1.21. The summed E-state index contributed by atoms with van der Waals surface area (Å²) in [4.78, 5) is 23.3. The second-order valence-electron chi connectivity index (χ2n) is 9.55. The zero-order valence-electron chi connectivity index (χ0n) is 20.4. The lowest BCUT2D eigenvalue weighted by Crippen LogP contribution is -2.39. The van der Waals surface area contributed by atoms with Gasteiger partial charge in [0.2, 0.25) is 0 Å². The first-order valence-electron chi connectivity index (χ1n) is 12.1. The number of halogens is 3. The van der Waals surface area contributed by atoms with E-state index in [0.29, 0.717) is 65.3 Å². The van der Waals surface area contributed by atoms with Gasteiger partial charge in [0.05, 0.1) is 35.3 Å². The fourth-order valence-electron chi connectivity index (χ4n) is 5.30. The molecule has 192 valence electrons. The topological polar surface area (TPSA) is 78.1 Å². The summed E-state index contributed by atoms with van der Waals surface area (Å²) in [7, 11) is 3.26. The summed E-state index contributed by atoms with van der Waals surface area (Å²) >= 11 is 0. The molecular weight excluding hydrogens is 485 g/mol. The number of imidazole rings is 1. The van der Waals surface area contributed by atoms with Crippen molar-refractivity contribution in [2.75, 3.05) is 20.3 Å². The Hall–Kier alpha value is -3.73. The molecule has 1 amide bonds. The minimum Gasteiger partial charge on any atom is -0.381 e. The molecule has 11 heteroatoms. The molecule has 5 heterocycles. The SMILES string of the molecule is CN1Cc2c(-c3cccc4nc(-c5cnn(C)c5)c(C(F)F)cc34)nc(C3CCOCC3)n2[C@@H](F)C1=O. The van der Waals surface area contributed by atoms with Gasteiger partial charge < -0.3 is 9.64 Å². The molecule has 2 aliphatic rings.